The summed E-state index contributed by atoms with van der Waals surface area (Å²) in [5.41, 5.74) is 5.87. The van der Waals surface area contributed by atoms with Crippen LogP contribution in [0, 0.1) is 5.92 Å². The summed E-state index contributed by atoms with van der Waals surface area (Å²) < 4.78 is 27.6. The van der Waals surface area contributed by atoms with Crippen molar-refractivity contribution < 1.29 is 8.42 Å². The monoisotopic (exact) mass is 263 g/mol. The van der Waals surface area contributed by atoms with E-state index < -0.39 is 10.2 Å². The number of hydrogen-bond acceptors (Lipinski definition) is 3. The van der Waals surface area contributed by atoms with Crippen LogP contribution in [0.4, 0.5) is 0 Å². The first-order chi connectivity index (χ1) is 7.76. The molecule has 0 aromatic heterocycles. The lowest BCUT2D eigenvalue weighted by Gasteiger charge is -2.36. The van der Waals surface area contributed by atoms with Gasteiger partial charge in [-0.05, 0) is 39.5 Å². The Labute approximate surface area is 105 Å². The molecule has 0 aromatic carbocycles. The number of piperidine rings is 1. The number of hydrogen-bond donors (Lipinski definition) is 1. The van der Waals surface area contributed by atoms with E-state index in [1.54, 1.807) is 11.4 Å². The Morgan fingerprint density at radius 2 is 1.94 bits per heavy atom. The number of nitrogens with two attached hydrogens (primary N) is 1. The molecule has 5 nitrogen and oxygen atoms in total. The van der Waals surface area contributed by atoms with Crippen LogP contribution in [0.25, 0.3) is 0 Å². The second kappa shape index (κ2) is 5.65. The molecular weight excluding hydrogens is 238 g/mol. The van der Waals surface area contributed by atoms with Crippen molar-refractivity contribution in [3.05, 3.63) is 0 Å². The molecule has 2 unspecified atom stereocenters. The molecule has 0 spiro atoms. The third kappa shape index (κ3) is 3.40. The van der Waals surface area contributed by atoms with Gasteiger partial charge < -0.3 is 5.73 Å². The van der Waals surface area contributed by atoms with E-state index in [2.05, 4.69) is 0 Å². The van der Waals surface area contributed by atoms with E-state index >= 15 is 0 Å². The van der Waals surface area contributed by atoms with Crippen LogP contribution in [0.5, 0.6) is 0 Å². The van der Waals surface area contributed by atoms with Gasteiger partial charge in [0.05, 0.1) is 0 Å². The molecular formula is C11H25N3O2S. The Morgan fingerprint density at radius 1 is 1.35 bits per heavy atom. The van der Waals surface area contributed by atoms with Crippen LogP contribution in [0.1, 0.15) is 33.6 Å². The highest BCUT2D eigenvalue weighted by molar-refractivity contribution is 7.86. The Kier molecular flexibility index (Phi) is 4.95. The first kappa shape index (κ1) is 14.9. The minimum absolute atomic E-state index is 0.0179. The highest BCUT2D eigenvalue weighted by atomic mass is 32.2. The van der Waals surface area contributed by atoms with Crippen molar-refractivity contribution in [1.29, 1.82) is 0 Å². The van der Waals surface area contributed by atoms with E-state index in [9.17, 15) is 8.42 Å². The van der Waals surface area contributed by atoms with E-state index in [0.717, 1.165) is 12.8 Å². The summed E-state index contributed by atoms with van der Waals surface area (Å²) in [5, 5.41) is 0. The van der Waals surface area contributed by atoms with Crippen LogP contribution in [0.2, 0.25) is 0 Å². The Balaban J connectivity index is 2.78. The second-order valence-electron chi connectivity index (χ2n) is 5.24. The standard InChI is InChI=1S/C11H25N3O2S/c1-9(2)13(4)17(15,16)14-7-5-6-11(8-14)10(3)12/h9-11H,5-8,12H2,1-4H3. The average Bonchev–Trinajstić information content (AvgIpc) is 2.28. The fourth-order valence-electron chi connectivity index (χ4n) is 2.06. The summed E-state index contributed by atoms with van der Waals surface area (Å²) >= 11 is 0. The first-order valence-electron chi connectivity index (χ1n) is 6.25. The quantitative estimate of drug-likeness (QED) is 0.809. The summed E-state index contributed by atoms with van der Waals surface area (Å²) in [6.07, 6.45) is 1.92. The summed E-state index contributed by atoms with van der Waals surface area (Å²) in [5.74, 6) is 0.277. The fourth-order valence-corrected chi connectivity index (χ4v) is 3.70. The van der Waals surface area contributed by atoms with Crippen LogP contribution < -0.4 is 5.73 Å². The largest absolute Gasteiger partial charge is 0.328 e. The molecule has 1 aliphatic heterocycles. The minimum atomic E-state index is -3.32. The van der Waals surface area contributed by atoms with Crippen LogP contribution in [-0.4, -0.2) is 49.2 Å². The maximum Gasteiger partial charge on any atom is 0.281 e. The molecule has 1 rings (SSSR count). The molecule has 0 radical (unpaired) electrons. The van der Waals surface area contributed by atoms with E-state index in [1.165, 1.54) is 4.31 Å². The van der Waals surface area contributed by atoms with Crippen molar-refractivity contribution in [3.8, 4) is 0 Å². The van der Waals surface area contributed by atoms with E-state index in [-0.39, 0.29) is 18.0 Å². The zero-order valence-corrected chi connectivity index (χ0v) is 12.1. The summed E-state index contributed by atoms with van der Waals surface area (Å²) in [4.78, 5) is 0. The van der Waals surface area contributed by atoms with Crippen molar-refractivity contribution in [2.45, 2.75) is 45.7 Å². The lowest BCUT2D eigenvalue weighted by molar-refractivity contribution is 0.227. The molecule has 2 atom stereocenters. The van der Waals surface area contributed by atoms with Crippen LogP contribution in [0.15, 0.2) is 0 Å². The molecule has 0 aliphatic carbocycles. The fraction of sp³-hybridized carbons (Fsp3) is 1.00. The van der Waals surface area contributed by atoms with Crippen LogP contribution >= 0.6 is 0 Å². The van der Waals surface area contributed by atoms with E-state index in [4.69, 9.17) is 5.73 Å². The second-order valence-corrected chi connectivity index (χ2v) is 7.23. The topological polar surface area (TPSA) is 66.6 Å². The maximum atomic E-state index is 12.3. The average molecular weight is 263 g/mol. The lowest BCUT2D eigenvalue weighted by atomic mass is 9.93. The molecule has 17 heavy (non-hydrogen) atoms. The van der Waals surface area contributed by atoms with Gasteiger partial charge in [0.2, 0.25) is 0 Å². The molecule has 102 valence electrons. The van der Waals surface area contributed by atoms with Gasteiger partial charge in [-0.2, -0.15) is 17.0 Å². The Hall–Kier alpha value is -0.170. The van der Waals surface area contributed by atoms with Gasteiger partial charge in [0.25, 0.3) is 10.2 Å². The van der Waals surface area contributed by atoms with Crippen molar-refractivity contribution in [1.82, 2.24) is 8.61 Å². The summed E-state index contributed by atoms with van der Waals surface area (Å²) in [7, 11) is -1.68. The van der Waals surface area contributed by atoms with Crippen LogP contribution in [0.3, 0.4) is 0 Å². The Bertz CT molecular complexity index is 341. The predicted octanol–water partition coefficient (Wildman–Crippen LogP) is 0.631. The van der Waals surface area contributed by atoms with E-state index in [0.29, 0.717) is 13.1 Å². The van der Waals surface area contributed by atoms with Gasteiger partial charge in [0.15, 0.2) is 0 Å². The molecule has 0 bridgehead atoms. The summed E-state index contributed by atoms with van der Waals surface area (Å²) in [6, 6.07) is 0.0352. The number of nitrogens with zero attached hydrogens (tertiary/aromatic N) is 2. The van der Waals surface area contributed by atoms with Crippen molar-refractivity contribution in [2.75, 3.05) is 20.1 Å². The van der Waals surface area contributed by atoms with Crippen molar-refractivity contribution in [3.63, 3.8) is 0 Å². The van der Waals surface area contributed by atoms with Gasteiger partial charge in [-0.3, -0.25) is 0 Å². The Morgan fingerprint density at radius 3 is 2.41 bits per heavy atom. The minimum Gasteiger partial charge on any atom is -0.328 e. The number of rotatable bonds is 4. The third-order valence-corrected chi connectivity index (χ3v) is 5.72. The highest BCUT2D eigenvalue weighted by Crippen LogP contribution is 2.22. The molecule has 0 saturated carbocycles. The maximum absolute atomic E-state index is 12.3. The van der Waals surface area contributed by atoms with Gasteiger partial charge in [-0.15, -0.1) is 0 Å². The zero-order valence-electron chi connectivity index (χ0n) is 11.3. The molecule has 1 heterocycles. The van der Waals surface area contributed by atoms with E-state index in [1.807, 2.05) is 20.8 Å². The predicted molar refractivity (Wildman–Crippen MR) is 69.8 cm³/mol. The van der Waals surface area contributed by atoms with Gasteiger partial charge in [-0.25, -0.2) is 0 Å². The molecule has 1 aliphatic rings. The first-order valence-corrected chi connectivity index (χ1v) is 7.65. The van der Waals surface area contributed by atoms with Gasteiger partial charge in [0, 0.05) is 32.2 Å². The highest BCUT2D eigenvalue weighted by Gasteiger charge is 2.33. The van der Waals surface area contributed by atoms with Crippen LogP contribution in [-0.2, 0) is 10.2 Å². The zero-order chi connectivity index (χ0) is 13.2. The molecule has 1 saturated heterocycles. The normalized spacial score (nSPS) is 25.5. The van der Waals surface area contributed by atoms with Gasteiger partial charge in [0.1, 0.15) is 0 Å². The molecule has 0 aromatic rings. The SMILES string of the molecule is CC(N)C1CCCN(S(=O)(=O)N(C)C(C)C)C1. The van der Waals surface area contributed by atoms with Gasteiger partial charge in [-0.1, -0.05) is 0 Å². The lowest BCUT2D eigenvalue weighted by Crippen LogP contribution is -2.50. The summed E-state index contributed by atoms with van der Waals surface area (Å²) in [6.45, 7) is 6.88. The van der Waals surface area contributed by atoms with Crippen molar-refractivity contribution in [2.24, 2.45) is 11.7 Å². The smallest absolute Gasteiger partial charge is 0.281 e. The molecule has 1 fully saturated rings. The van der Waals surface area contributed by atoms with Gasteiger partial charge >= 0.3 is 0 Å². The third-order valence-electron chi connectivity index (χ3n) is 3.58. The van der Waals surface area contributed by atoms with Crippen molar-refractivity contribution >= 4 is 10.2 Å². The molecule has 6 heteroatoms. The molecule has 0 amide bonds. The molecule has 2 N–H and O–H groups in total.